The van der Waals surface area contributed by atoms with Gasteiger partial charge in [-0.15, -0.1) is 0 Å². The summed E-state index contributed by atoms with van der Waals surface area (Å²) in [5, 5.41) is 0. The van der Waals surface area contributed by atoms with Crippen LogP contribution in [0.2, 0.25) is 0 Å². The highest BCUT2D eigenvalue weighted by Crippen LogP contribution is 2.35. The smallest absolute Gasteiger partial charge is 0.168 e. The van der Waals surface area contributed by atoms with E-state index in [9.17, 15) is 0 Å². The van der Waals surface area contributed by atoms with Gasteiger partial charge in [-0.05, 0) is 18.9 Å². The summed E-state index contributed by atoms with van der Waals surface area (Å²) in [7, 11) is -0.534. The normalized spacial score (nSPS) is 9.95. The molecule has 0 amide bonds. The number of benzene rings is 1. The molecule has 2 N–H and O–H groups in total. The number of nitrogens with two attached hydrogens (primary N) is 1. The number of nitrogen functional groups attached to an aromatic ring is 1. The second-order valence-corrected chi connectivity index (χ2v) is 6.04. The highest BCUT2D eigenvalue weighted by atomic mass is 31.1. The van der Waals surface area contributed by atoms with E-state index in [-0.39, 0.29) is 9.90 Å². The van der Waals surface area contributed by atoms with Crippen LogP contribution in [0.15, 0.2) is 42.6 Å². The molecule has 0 saturated heterocycles. The summed E-state index contributed by atoms with van der Waals surface area (Å²) in [5.41, 5.74) is 6.87. The molecule has 0 radical (unpaired) electrons. The van der Waals surface area contributed by atoms with Crippen LogP contribution in [0.25, 0.3) is 0 Å². The molecule has 0 aliphatic heterocycles. The third-order valence-electron chi connectivity index (χ3n) is 2.39. The fourth-order valence-corrected chi connectivity index (χ4v) is 2.07. The number of aromatic nitrogens is 1. The van der Waals surface area contributed by atoms with E-state index in [1.807, 2.05) is 43.7 Å². The first kappa shape index (κ1) is 16.7. The minimum absolute atomic E-state index is 0. The summed E-state index contributed by atoms with van der Waals surface area (Å²) in [6, 6.07) is 11.8. The largest absolute Gasteiger partial charge is 0.487 e. The minimum atomic E-state index is -0.534. The van der Waals surface area contributed by atoms with Gasteiger partial charge in [0.15, 0.2) is 11.6 Å². The van der Waals surface area contributed by atoms with Gasteiger partial charge in [0.1, 0.15) is 12.4 Å². The zero-order valence-corrected chi connectivity index (χ0v) is 14.1. The maximum absolute atomic E-state index is 5.76. The Labute approximate surface area is 124 Å². The van der Waals surface area contributed by atoms with Crippen molar-refractivity contribution in [2.75, 3.05) is 19.1 Å². The van der Waals surface area contributed by atoms with Crippen LogP contribution >= 0.6 is 18.0 Å². The Bertz CT molecular complexity index is 536. The molecule has 108 valence electrons. The third kappa shape index (κ3) is 4.96. The summed E-state index contributed by atoms with van der Waals surface area (Å²) in [6.07, 6.45) is 1.61. The van der Waals surface area contributed by atoms with Gasteiger partial charge >= 0.3 is 0 Å². The quantitative estimate of drug-likeness (QED) is 0.861. The van der Waals surface area contributed by atoms with Gasteiger partial charge < -0.3 is 15.0 Å². The van der Waals surface area contributed by atoms with E-state index in [1.165, 1.54) is 0 Å². The third-order valence-corrected chi connectivity index (χ3v) is 2.95. The van der Waals surface area contributed by atoms with Crippen LogP contribution in [0, 0.1) is 0 Å². The zero-order chi connectivity index (χ0) is 13.7. The van der Waals surface area contributed by atoms with Gasteiger partial charge in [-0.25, -0.2) is 4.98 Å². The molecule has 0 spiro atoms. The van der Waals surface area contributed by atoms with Crippen LogP contribution in [0.3, 0.4) is 0 Å². The zero-order valence-electron chi connectivity index (χ0n) is 11.7. The van der Waals surface area contributed by atoms with Gasteiger partial charge in [0.25, 0.3) is 0 Å². The van der Waals surface area contributed by atoms with Crippen LogP contribution in [-0.2, 0) is 6.61 Å². The SMILES string of the molecule is CP(C)Oc1cc(OCc2ccccc2)cnc1N.P. The molecule has 0 aliphatic rings. The van der Waals surface area contributed by atoms with Crippen molar-refractivity contribution in [3.8, 4) is 11.5 Å². The van der Waals surface area contributed by atoms with Crippen LogP contribution in [0.5, 0.6) is 11.5 Å². The molecule has 1 aromatic carbocycles. The van der Waals surface area contributed by atoms with Crippen molar-refractivity contribution < 1.29 is 9.26 Å². The number of ether oxygens (including phenoxy) is 1. The Morgan fingerprint density at radius 1 is 1.20 bits per heavy atom. The monoisotopic (exact) mass is 310 g/mol. The van der Waals surface area contributed by atoms with E-state index in [4.69, 9.17) is 15.0 Å². The molecule has 4 nitrogen and oxygen atoms in total. The standard InChI is InChI=1S/C14H17N2O2P.H3P/c1-19(2)18-13-8-12(9-16-14(13)15)17-10-11-6-4-3-5-7-11;/h3-9H,10H2,1-2H3,(H2,15,16);1H3. The van der Waals surface area contributed by atoms with Gasteiger partial charge in [0.05, 0.1) is 14.3 Å². The summed E-state index contributed by atoms with van der Waals surface area (Å²) in [4.78, 5) is 4.08. The molecule has 6 heteroatoms. The number of anilines is 1. The Kier molecular flexibility index (Phi) is 6.70. The predicted octanol–water partition coefficient (Wildman–Crippen LogP) is 3.34. The molecular formula is C14H20N2O2P2. The Morgan fingerprint density at radius 3 is 2.55 bits per heavy atom. The number of hydrogen-bond donors (Lipinski definition) is 1. The maximum Gasteiger partial charge on any atom is 0.168 e. The molecule has 2 aromatic rings. The molecule has 1 heterocycles. The molecule has 1 aromatic heterocycles. The second kappa shape index (κ2) is 8.04. The van der Waals surface area contributed by atoms with Gasteiger partial charge in [-0.2, -0.15) is 9.90 Å². The van der Waals surface area contributed by atoms with Crippen molar-refractivity contribution in [3.63, 3.8) is 0 Å². The lowest BCUT2D eigenvalue weighted by atomic mass is 10.2. The minimum Gasteiger partial charge on any atom is -0.487 e. The summed E-state index contributed by atoms with van der Waals surface area (Å²) >= 11 is 0. The van der Waals surface area contributed by atoms with Crippen molar-refractivity contribution >= 4 is 23.9 Å². The first-order valence-electron chi connectivity index (χ1n) is 5.92. The van der Waals surface area contributed by atoms with E-state index in [0.29, 0.717) is 23.9 Å². The summed E-state index contributed by atoms with van der Waals surface area (Å²) in [5.74, 6) is 1.63. The fraction of sp³-hybridized carbons (Fsp3) is 0.214. The van der Waals surface area contributed by atoms with E-state index in [1.54, 1.807) is 12.3 Å². The topological polar surface area (TPSA) is 57.4 Å². The Hall–Kier alpha value is -1.37. The fourth-order valence-electron chi connectivity index (χ4n) is 1.53. The predicted molar refractivity (Wildman–Crippen MR) is 89.9 cm³/mol. The van der Waals surface area contributed by atoms with Gasteiger partial charge in [0.2, 0.25) is 0 Å². The highest BCUT2D eigenvalue weighted by molar-refractivity contribution is 7.51. The second-order valence-electron chi connectivity index (χ2n) is 4.23. The van der Waals surface area contributed by atoms with Crippen molar-refractivity contribution in [1.29, 1.82) is 0 Å². The van der Waals surface area contributed by atoms with Crippen LogP contribution in [0.1, 0.15) is 5.56 Å². The molecule has 1 unspecified atom stereocenters. The van der Waals surface area contributed by atoms with Crippen molar-refractivity contribution in [3.05, 3.63) is 48.2 Å². The van der Waals surface area contributed by atoms with Crippen LogP contribution in [0.4, 0.5) is 5.82 Å². The molecule has 0 bridgehead atoms. The number of pyridine rings is 1. The Morgan fingerprint density at radius 2 is 1.90 bits per heavy atom. The summed E-state index contributed by atoms with van der Waals surface area (Å²) < 4.78 is 11.3. The molecule has 1 atom stereocenters. The lowest BCUT2D eigenvalue weighted by Gasteiger charge is -2.12. The lowest BCUT2D eigenvalue weighted by Crippen LogP contribution is -1.99. The van der Waals surface area contributed by atoms with Crippen LogP contribution < -0.4 is 15.0 Å². The van der Waals surface area contributed by atoms with Crippen molar-refractivity contribution in [2.45, 2.75) is 6.61 Å². The summed E-state index contributed by atoms with van der Waals surface area (Å²) in [6.45, 7) is 4.51. The van der Waals surface area contributed by atoms with Crippen molar-refractivity contribution in [1.82, 2.24) is 4.98 Å². The van der Waals surface area contributed by atoms with E-state index in [2.05, 4.69) is 4.98 Å². The maximum atomic E-state index is 5.76. The average Bonchev–Trinajstić information content (AvgIpc) is 2.40. The molecular weight excluding hydrogens is 290 g/mol. The molecule has 0 fully saturated rings. The van der Waals surface area contributed by atoms with E-state index >= 15 is 0 Å². The number of rotatable bonds is 5. The van der Waals surface area contributed by atoms with E-state index in [0.717, 1.165) is 5.56 Å². The Balaban J connectivity index is 0.00000200. The van der Waals surface area contributed by atoms with Crippen LogP contribution in [-0.4, -0.2) is 18.3 Å². The molecule has 2 rings (SSSR count). The van der Waals surface area contributed by atoms with Gasteiger partial charge in [0, 0.05) is 6.07 Å². The molecule has 20 heavy (non-hydrogen) atoms. The van der Waals surface area contributed by atoms with Gasteiger partial charge in [-0.3, -0.25) is 0 Å². The first-order chi connectivity index (χ1) is 9.15. The van der Waals surface area contributed by atoms with Crippen molar-refractivity contribution in [2.24, 2.45) is 0 Å². The van der Waals surface area contributed by atoms with E-state index < -0.39 is 8.15 Å². The molecule has 0 saturated carbocycles. The number of nitrogens with zero attached hydrogens (tertiary/aromatic N) is 1. The molecule has 0 aliphatic carbocycles. The first-order valence-corrected chi connectivity index (χ1v) is 8.08. The lowest BCUT2D eigenvalue weighted by molar-refractivity contribution is 0.304. The highest BCUT2D eigenvalue weighted by Gasteiger charge is 2.07. The average molecular weight is 310 g/mol. The van der Waals surface area contributed by atoms with Gasteiger partial charge in [-0.1, -0.05) is 30.3 Å². The number of hydrogen-bond acceptors (Lipinski definition) is 4.